The van der Waals surface area contributed by atoms with E-state index in [0.717, 1.165) is 24.9 Å². The molecule has 0 saturated heterocycles. The molecule has 1 aromatic heterocycles. The standard InChI is InChI=1S/C15H18FNO/c1-2-17-15(10-13-7-8-18-11-13)9-12-3-5-14(16)6-4-12/h3-8,11,15,17H,2,9-10H2,1H3. The van der Waals surface area contributed by atoms with Gasteiger partial charge in [-0.2, -0.15) is 0 Å². The monoisotopic (exact) mass is 247 g/mol. The van der Waals surface area contributed by atoms with E-state index in [9.17, 15) is 4.39 Å². The Morgan fingerprint density at radius 1 is 1.11 bits per heavy atom. The van der Waals surface area contributed by atoms with Crippen molar-refractivity contribution in [3.05, 3.63) is 59.8 Å². The number of likely N-dealkylation sites (N-methyl/N-ethyl adjacent to an activating group) is 1. The first-order valence-corrected chi connectivity index (χ1v) is 6.27. The van der Waals surface area contributed by atoms with Gasteiger partial charge in [-0.15, -0.1) is 0 Å². The minimum Gasteiger partial charge on any atom is -0.472 e. The number of hydrogen-bond donors (Lipinski definition) is 1. The lowest BCUT2D eigenvalue weighted by Gasteiger charge is -2.17. The van der Waals surface area contributed by atoms with Crippen molar-refractivity contribution in [3.63, 3.8) is 0 Å². The van der Waals surface area contributed by atoms with Crippen LogP contribution in [0.4, 0.5) is 4.39 Å². The first-order chi connectivity index (χ1) is 8.78. The van der Waals surface area contributed by atoms with Crippen LogP contribution in [-0.2, 0) is 12.8 Å². The molecule has 0 saturated carbocycles. The molecule has 0 spiro atoms. The van der Waals surface area contributed by atoms with Gasteiger partial charge in [-0.3, -0.25) is 0 Å². The maximum absolute atomic E-state index is 12.8. The maximum Gasteiger partial charge on any atom is 0.123 e. The van der Waals surface area contributed by atoms with Crippen LogP contribution in [0, 0.1) is 5.82 Å². The highest BCUT2D eigenvalue weighted by atomic mass is 19.1. The van der Waals surface area contributed by atoms with Gasteiger partial charge in [0.15, 0.2) is 0 Å². The normalized spacial score (nSPS) is 12.6. The zero-order chi connectivity index (χ0) is 12.8. The molecule has 18 heavy (non-hydrogen) atoms. The van der Waals surface area contributed by atoms with Gasteiger partial charge in [-0.1, -0.05) is 19.1 Å². The van der Waals surface area contributed by atoms with Gasteiger partial charge < -0.3 is 9.73 Å². The maximum atomic E-state index is 12.8. The van der Waals surface area contributed by atoms with E-state index in [1.165, 1.54) is 17.7 Å². The second kappa shape index (κ2) is 6.36. The lowest BCUT2D eigenvalue weighted by Crippen LogP contribution is -2.32. The highest BCUT2D eigenvalue weighted by Crippen LogP contribution is 2.10. The van der Waals surface area contributed by atoms with Crippen molar-refractivity contribution in [3.8, 4) is 0 Å². The Morgan fingerprint density at radius 3 is 2.44 bits per heavy atom. The fourth-order valence-electron chi connectivity index (χ4n) is 2.10. The Labute approximate surface area is 107 Å². The van der Waals surface area contributed by atoms with Crippen molar-refractivity contribution in [1.82, 2.24) is 5.32 Å². The summed E-state index contributed by atoms with van der Waals surface area (Å²) < 4.78 is 17.9. The van der Waals surface area contributed by atoms with E-state index in [1.54, 1.807) is 12.5 Å². The van der Waals surface area contributed by atoms with Gasteiger partial charge in [0.1, 0.15) is 5.82 Å². The molecule has 2 rings (SSSR count). The third kappa shape index (κ3) is 3.70. The SMILES string of the molecule is CCNC(Cc1ccc(F)cc1)Cc1ccoc1. The van der Waals surface area contributed by atoms with Crippen LogP contribution in [-0.4, -0.2) is 12.6 Å². The molecule has 1 N–H and O–H groups in total. The Bertz CT molecular complexity index is 450. The summed E-state index contributed by atoms with van der Waals surface area (Å²) in [5.41, 5.74) is 2.33. The smallest absolute Gasteiger partial charge is 0.123 e. The van der Waals surface area contributed by atoms with Crippen LogP contribution in [0.3, 0.4) is 0 Å². The lowest BCUT2D eigenvalue weighted by molar-refractivity contribution is 0.513. The lowest BCUT2D eigenvalue weighted by atomic mass is 10.0. The predicted molar refractivity (Wildman–Crippen MR) is 70.0 cm³/mol. The van der Waals surface area contributed by atoms with Crippen molar-refractivity contribution >= 4 is 0 Å². The summed E-state index contributed by atoms with van der Waals surface area (Å²) in [7, 11) is 0. The number of nitrogens with one attached hydrogen (secondary N) is 1. The first-order valence-electron chi connectivity index (χ1n) is 6.27. The van der Waals surface area contributed by atoms with Crippen LogP contribution < -0.4 is 5.32 Å². The van der Waals surface area contributed by atoms with Crippen molar-refractivity contribution in [2.24, 2.45) is 0 Å². The number of hydrogen-bond acceptors (Lipinski definition) is 2. The third-order valence-corrected chi connectivity index (χ3v) is 2.95. The van der Waals surface area contributed by atoms with E-state index in [2.05, 4.69) is 12.2 Å². The summed E-state index contributed by atoms with van der Waals surface area (Å²) in [4.78, 5) is 0. The van der Waals surface area contributed by atoms with Crippen molar-refractivity contribution in [2.75, 3.05) is 6.54 Å². The molecule has 0 aliphatic carbocycles. The largest absolute Gasteiger partial charge is 0.472 e. The van der Waals surface area contributed by atoms with Gasteiger partial charge in [0.25, 0.3) is 0 Å². The molecule has 2 aromatic rings. The highest BCUT2D eigenvalue weighted by Gasteiger charge is 2.10. The third-order valence-electron chi connectivity index (χ3n) is 2.95. The van der Waals surface area contributed by atoms with Crippen LogP contribution >= 0.6 is 0 Å². The zero-order valence-corrected chi connectivity index (χ0v) is 10.5. The Kier molecular flexibility index (Phi) is 4.53. The van der Waals surface area contributed by atoms with Crippen molar-refractivity contribution in [1.29, 1.82) is 0 Å². The quantitative estimate of drug-likeness (QED) is 0.848. The Hall–Kier alpha value is -1.61. The van der Waals surface area contributed by atoms with E-state index >= 15 is 0 Å². The number of benzene rings is 1. The molecule has 0 aliphatic rings. The summed E-state index contributed by atoms with van der Waals surface area (Å²) in [5.74, 6) is -0.186. The average Bonchev–Trinajstić information content (AvgIpc) is 2.85. The predicted octanol–water partition coefficient (Wildman–Crippen LogP) is 3.18. The van der Waals surface area contributed by atoms with Crippen molar-refractivity contribution in [2.45, 2.75) is 25.8 Å². The molecule has 2 nitrogen and oxygen atoms in total. The van der Waals surface area contributed by atoms with Crippen LogP contribution in [0.25, 0.3) is 0 Å². The summed E-state index contributed by atoms with van der Waals surface area (Å²) >= 11 is 0. The Morgan fingerprint density at radius 2 is 1.83 bits per heavy atom. The molecule has 0 bridgehead atoms. The van der Waals surface area contributed by atoms with E-state index < -0.39 is 0 Å². The molecule has 0 amide bonds. The summed E-state index contributed by atoms with van der Waals surface area (Å²) in [5, 5.41) is 3.45. The van der Waals surface area contributed by atoms with Gasteiger partial charge >= 0.3 is 0 Å². The van der Waals surface area contributed by atoms with Gasteiger partial charge in [0, 0.05) is 6.04 Å². The molecular weight excluding hydrogens is 229 g/mol. The van der Waals surface area contributed by atoms with Crippen LogP contribution in [0.15, 0.2) is 47.3 Å². The van der Waals surface area contributed by atoms with E-state index in [1.807, 2.05) is 18.2 Å². The van der Waals surface area contributed by atoms with Crippen LogP contribution in [0.2, 0.25) is 0 Å². The second-order valence-corrected chi connectivity index (χ2v) is 4.42. The Balaban J connectivity index is 1.99. The van der Waals surface area contributed by atoms with E-state index in [0.29, 0.717) is 6.04 Å². The topological polar surface area (TPSA) is 25.2 Å². The number of furan rings is 1. The minimum atomic E-state index is -0.186. The zero-order valence-electron chi connectivity index (χ0n) is 10.5. The summed E-state index contributed by atoms with van der Waals surface area (Å²) in [6.07, 6.45) is 5.27. The first kappa shape index (κ1) is 12.8. The molecule has 1 heterocycles. The second-order valence-electron chi connectivity index (χ2n) is 4.42. The van der Waals surface area contributed by atoms with Gasteiger partial charge in [0.05, 0.1) is 12.5 Å². The highest BCUT2D eigenvalue weighted by molar-refractivity contribution is 5.18. The molecule has 0 aliphatic heterocycles. The van der Waals surface area contributed by atoms with Crippen molar-refractivity contribution < 1.29 is 8.81 Å². The molecule has 1 atom stereocenters. The fraction of sp³-hybridized carbons (Fsp3) is 0.333. The average molecular weight is 247 g/mol. The van der Waals surface area contributed by atoms with E-state index in [-0.39, 0.29) is 5.82 Å². The summed E-state index contributed by atoms with van der Waals surface area (Å²) in [6.45, 7) is 3.01. The molecule has 1 aromatic carbocycles. The molecule has 0 radical (unpaired) electrons. The number of rotatable bonds is 6. The number of halogens is 1. The molecule has 1 unspecified atom stereocenters. The minimum absolute atomic E-state index is 0.186. The molecule has 0 fully saturated rings. The van der Waals surface area contributed by atoms with Gasteiger partial charge in [0.2, 0.25) is 0 Å². The van der Waals surface area contributed by atoms with Crippen LogP contribution in [0.1, 0.15) is 18.1 Å². The molecular formula is C15H18FNO. The van der Waals surface area contributed by atoms with Crippen LogP contribution in [0.5, 0.6) is 0 Å². The fourth-order valence-corrected chi connectivity index (χ4v) is 2.10. The molecule has 96 valence electrons. The summed E-state index contributed by atoms with van der Waals surface area (Å²) in [6, 6.07) is 9.03. The van der Waals surface area contributed by atoms with Gasteiger partial charge in [-0.05, 0) is 48.7 Å². The van der Waals surface area contributed by atoms with Gasteiger partial charge in [-0.25, -0.2) is 4.39 Å². The van der Waals surface area contributed by atoms with E-state index in [4.69, 9.17) is 4.42 Å². The molecule has 3 heteroatoms.